The number of halogens is 2. The molecule has 1 aliphatic rings. The Labute approximate surface area is 154 Å². The lowest BCUT2D eigenvalue weighted by molar-refractivity contribution is 0.102. The van der Waals surface area contributed by atoms with E-state index in [9.17, 15) is 4.79 Å². The lowest BCUT2D eigenvalue weighted by Gasteiger charge is -2.21. The molecule has 0 saturated carbocycles. The highest BCUT2D eigenvalue weighted by Gasteiger charge is 2.19. The van der Waals surface area contributed by atoms with Gasteiger partial charge in [0.25, 0.3) is 5.91 Å². The van der Waals surface area contributed by atoms with Crippen LogP contribution < -0.4 is 16.0 Å². The Kier molecular flexibility index (Phi) is 7.32. The largest absolute Gasteiger partial charge is 0.384 e. The van der Waals surface area contributed by atoms with Crippen molar-refractivity contribution < 1.29 is 4.79 Å². The van der Waals surface area contributed by atoms with Gasteiger partial charge < -0.3 is 16.0 Å². The Morgan fingerprint density at radius 3 is 2.50 bits per heavy atom. The van der Waals surface area contributed by atoms with Crippen molar-refractivity contribution in [2.45, 2.75) is 19.8 Å². The maximum Gasteiger partial charge on any atom is 0.257 e. The van der Waals surface area contributed by atoms with Crippen LogP contribution in [0.25, 0.3) is 0 Å². The highest BCUT2D eigenvalue weighted by molar-refractivity contribution is 6.08. The number of carbonyl (C=O) groups excluding carboxylic acids is 1. The third-order valence-electron chi connectivity index (χ3n) is 3.89. The zero-order valence-electron chi connectivity index (χ0n) is 13.5. The summed E-state index contributed by atoms with van der Waals surface area (Å²) in [6, 6.07) is 9.46. The zero-order valence-corrected chi connectivity index (χ0v) is 15.1. The molecule has 0 bridgehead atoms. The molecule has 1 aliphatic heterocycles. The van der Waals surface area contributed by atoms with Gasteiger partial charge in [-0.25, -0.2) is 4.98 Å². The lowest BCUT2D eigenvalue weighted by Crippen LogP contribution is -2.23. The molecule has 0 spiro atoms. The number of aromatic nitrogens is 1. The van der Waals surface area contributed by atoms with E-state index in [-0.39, 0.29) is 30.7 Å². The van der Waals surface area contributed by atoms with E-state index in [1.807, 2.05) is 19.1 Å². The topological polar surface area (TPSA) is 71.2 Å². The second-order valence-electron chi connectivity index (χ2n) is 5.64. The fourth-order valence-electron chi connectivity index (χ4n) is 2.74. The minimum absolute atomic E-state index is 0. The van der Waals surface area contributed by atoms with Gasteiger partial charge in [-0.3, -0.25) is 4.79 Å². The van der Waals surface area contributed by atoms with Crippen LogP contribution in [-0.4, -0.2) is 24.0 Å². The van der Waals surface area contributed by atoms with Crippen LogP contribution in [0.2, 0.25) is 0 Å². The number of nitrogens with zero attached hydrogens (tertiary/aromatic N) is 2. The molecule has 1 aromatic heterocycles. The normalized spacial score (nSPS) is 13.0. The summed E-state index contributed by atoms with van der Waals surface area (Å²) in [5.74, 6) is 0.323. The van der Waals surface area contributed by atoms with Crippen molar-refractivity contribution in [3.05, 3.63) is 47.7 Å². The molecule has 3 rings (SSSR count). The number of aryl methyl sites for hydroxylation is 1. The number of nitrogens with one attached hydrogen (secondary N) is 1. The highest BCUT2D eigenvalue weighted by Crippen LogP contribution is 2.26. The number of anilines is 3. The molecular formula is C17H22Cl2N4O. The summed E-state index contributed by atoms with van der Waals surface area (Å²) in [4.78, 5) is 18.9. The van der Waals surface area contributed by atoms with Gasteiger partial charge in [0.05, 0.1) is 17.4 Å². The molecule has 1 amide bonds. The number of rotatable bonds is 3. The van der Waals surface area contributed by atoms with Crippen molar-refractivity contribution in [2.24, 2.45) is 0 Å². The second-order valence-corrected chi connectivity index (χ2v) is 5.64. The molecule has 0 aliphatic carbocycles. The van der Waals surface area contributed by atoms with Gasteiger partial charge in [-0.15, -0.1) is 24.8 Å². The molecule has 0 unspecified atom stereocenters. The van der Waals surface area contributed by atoms with Crippen molar-refractivity contribution >= 4 is 47.9 Å². The van der Waals surface area contributed by atoms with Gasteiger partial charge >= 0.3 is 0 Å². The van der Waals surface area contributed by atoms with Crippen LogP contribution in [0, 0.1) is 6.92 Å². The van der Waals surface area contributed by atoms with Gasteiger partial charge in [-0.05, 0) is 44.0 Å². The molecule has 3 N–H and O–H groups in total. The summed E-state index contributed by atoms with van der Waals surface area (Å²) >= 11 is 0. The zero-order chi connectivity index (χ0) is 15.5. The molecule has 1 fully saturated rings. The SMILES string of the molecule is Cc1ccc(N2CCCC2)c(C(=O)Nc2ccc(N)nc2)c1.Cl.Cl. The van der Waals surface area contributed by atoms with Crippen molar-refractivity contribution in [1.82, 2.24) is 4.98 Å². The Morgan fingerprint density at radius 2 is 1.88 bits per heavy atom. The predicted molar refractivity (Wildman–Crippen MR) is 104 cm³/mol. The summed E-state index contributed by atoms with van der Waals surface area (Å²) in [6.45, 7) is 4.01. The second kappa shape index (κ2) is 8.76. The van der Waals surface area contributed by atoms with E-state index in [0.717, 1.165) is 24.3 Å². The van der Waals surface area contributed by atoms with Crippen LogP contribution in [0.3, 0.4) is 0 Å². The molecular weight excluding hydrogens is 347 g/mol. The van der Waals surface area contributed by atoms with E-state index in [4.69, 9.17) is 5.73 Å². The molecule has 0 atom stereocenters. The first-order valence-corrected chi connectivity index (χ1v) is 7.52. The monoisotopic (exact) mass is 368 g/mol. The van der Waals surface area contributed by atoms with Crippen LogP contribution in [0.15, 0.2) is 36.5 Å². The van der Waals surface area contributed by atoms with Crippen molar-refractivity contribution in [3.8, 4) is 0 Å². The van der Waals surface area contributed by atoms with Gasteiger partial charge in [-0.2, -0.15) is 0 Å². The van der Waals surface area contributed by atoms with Crippen LogP contribution >= 0.6 is 24.8 Å². The van der Waals surface area contributed by atoms with Gasteiger partial charge in [0.2, 0.25) is 0 Å². The van der Waals surface area contributed by atoms with Gasteiger partial charge in [0, 0.05) is 18.8 Å². The molecule has 24 heavy (non-hydrogen) atoms. The van der Waals surface area contributed by atoms with Gasteiger partial charge in [0.15, 0.2) is 0 Å². The van der Waals surface area contributed by atoms with Crippen LogP contribution in [0.4, 0.5) is 17.2 Å². The minimum atomic E-state index is -0.114. The maximum absolute atomic E-state index is 12.6. The Morgan fingerprint density at radius 1 is 1.17 bits per heavy atom. The average molecular weight is 369 g/mol. The molecule has 7 heteroatoms. The van der Waals surface area contributed by atoms with Crippen molar-refractivity contribution in [2.75, 3.05) is 29.0 Å². The van der Waals surface area contributed by atoms with Crippen LogP contribution in [-0.2, 0) is 0 Å². The highest BCUT2D eigenvalue weighted by atomic mass is 35.5. The number of nitrogens with two attached hydrogens (primary N) is 1. The van der Waals surface area contributed by atoms with Crippen molar-refractivity contribution in [3.63, 3.8) is 0 Å². The Bertz CT molecular complexity index is 685. The standard InChI is InChI=1S/C17H20N4O.2ClH/c1-12-4-6-15(21-8-2-3-9-21)14(10-12)17(22)20-13-5-7-16(18)19-11-13;;/h4-7,10-11H,2-3,8-9H2,1H3,(H2,18,19)(H,20,22);2*1H. The number of hydrogen-bond donors (Lipinski definition) is 2. The molecule has 2 aromatic rings. The minimum Gasteiger partial charge on any atom is -0.384 e. The van der Waals surface area contributed by atoms with E-state index in [0.29, 0.717) is 17.1 Å². The Hall–Kier alpha value is -1.98. The third kappa shape index (κ3) is 4.52. The average Bonchev–Trinajstić information content (AvgIpc) is 3.03. The predicted octanol–water partition coefficient (Wildman–Crippen LogP) is 3.67. The van der Waals surface area contributed by atoms with Gasteiger partial charge in [-0.1, -0.05) is 11.6 Å². The smallest absolute Gasteiger partial charge is 0.257 e. The summed E-state index contributed by atoms with van der Waals surface area (Å²) in [5.41, 5.74) is 8.99. The Balaban J connectivity index is 0.00000144. The summed E-state index contributed by atoms with van der Waals surface area (Å²) in [7, 11) is 0. The summed E-state index contributed by atoms with van der Waals surface area (Å²) in [5, 5.41) is 2.89. The van der Waals surface area contributed by atoms with E-state index < -0.39 is 0 Å². The first-order valence-electron chi connectivity index (χ1n) is 7.52. The molecule has 1 aromatic carbocycles. The third-order valence-corrected chi connectivity index (χ3v) is 3.89. The van der Waals surface area contributed by atoms with Crippen molar-refractivity contribution in [1.29, 1.82) is 0 Å². The number of carbonyl (C=O) groups is 1. The first-order chi connectivity index (χ1) is 10.6. The number of amides is 1. The number of hydrogen-bond acceptors (Lipinski definition) is 4. The first kappa shape index (κ1) is 20.1. The lowest BCUT2D eigenvalue weighted by atomic mass is 10.1. The number of pyridine rings is 1. The van der Waals surface area contributed by atoms with E-state index in [2.05, 4.69) is 21.3 Å². The molecule has 130 valence electrons. The summed E-state index contributed by atoms with van der Waals surface area (Å²) in [6.07, 6.45) is 3.92. The van der Waals surface area contributed by atoms with E-state index in [1.54, 1.807) is 18.3 Å². The van der Waals surface area contributed by atoms with E-state index >= 15 is 0 Å². The molecule has 5 nitrogen and oxygen atoms in total. The molecule has 2 heterocycles. The number of nitrogen functional groups attached to an aromatic ring is 1. The van der Waals surface area contributed by atoms with Gasteiger partial charge in [0.1, 0.15) is 5.82 Å². The fraction of sp³-hybridized carbons (Fsp3) is 0.294. The van der Waals surface area contributed by atoms with Crippen LogP contribution in [0.1, 0.15) is 28.8 Å². The number of benzene rings is 1. The maximum atomic E-state index is 12.6. The van der Waals surface area contributed by atoms with E-state index in [1.165, 1.54) is 12.8 Å². The molecule has 1 saturated heterocycles. The summed E-state index contributed by atoms with van der Waals surface area (Å²) < 4.78 is 0. The fourth-order valence-corrected chi connectivity index (χ4v) is 2.74. The quantitative estimate of drug-likeness (QED) is 0.866. The molecule has 0 radical (unpaired) electrons. The van der Waals surface area contributed by atoms with Crippen LogP contribution in [0.5, 0.6) is 0 Å².